The highest BCUT2D eigenvalue weighted by molar-refractivity contribution is 5.78. The average Bonchev–Trinajstić information content (AvgIpc) is 2.47. The molecule has 20 heavy (non-hydrogen) atoms. The Labute approximate surface area is 123 Å². The van der Waals surface area contributed by atoms with Gasteiger partial charge in [-0.05, 0) is 57.9 Å². The molecule has 1 N–H and O–H groups in total. The predicted molar refractivity (Wildman–Crippen MR) is 80.5 cm³/mol. The lowest BCUT2D eigenvalue weighted by Gasteiger charge is -2.38. The van der Waals surface area contributed by atoms with Gasteiger partial charge in [0.25, 0.3) is 0 Å². The topological polar surface area (TPSA) is 43.8 Å². The fourth-order valence-corrected chi connectivity index (χ4v) is 3.66. The summed E-state index contributed by atoms with van der Waals surface area (Å²) in [6.45, 7) is 7.40. The van der Waals surface area contributed by atoms with E-state index in [2.05, 4.69) is 16.7 Å². The van der Waals surface area contributed by atoms with Gasteiger partial charge in [0.05, 0.1) is 12.6 Å². The Bertz CT molecular complexity index is 320. The summed E-state index contributed by atoms with van der Waals surface area (Å²) in [5.74, 6) is 0.627. The van der Waals surface area contributed by atoms with Crippen LogP contribution in [0.15, 0.2) is 0 Å². The molecule has 0 saturated carbocycles. The maximum atomic E-state index is 12.5. The van der Waals surface area contributed by atoms with Gasteiger partial charge in [0.15, 0.2) is 0 Å². The highest BCUT2D eigenvalue weighted by atomic mass is 16.3. The largest absolute Gasteiger partial charge is 0.393 e. The second-order valence-electron chi connectivity index (χ2n) is 6.52. The highest BCUT2D eigenvalue weighted by Gasteiger charge is 2.29. The van der Waals surface area contributed by atoms with E-state index in [9.17, 15) is 9.90 Å². The first-order chi connectivity index (χ1) is 9.61. The zero-order valence-electron chi connectivity index (χ0n) is 13.1. The number of amides is 1. The number of hydrogen-bond acceptors (Lipinski definition) is 3. The van der Waals surface area contributed by atoms with Gasteiger partial charge in [-0.3, -0.25) is 9.69 Å². The zero-order valence-corrected chi connectivity index (χ0v) is 13.1. The van der Waals surface area contributed by atoms with Crippen molar-refractivity contribution in [3.8, 4) is 0 Å². The van der Waals surface area contributed by atoms with Gasteiger partial charge in [0, 0.05) is 19.1 Å². The van der Waals surface area contributed by atoms with Crippen molar-refractivity contribution in [3.05, 3.63) is 0 Å². The molecule has 0 bridgehead atoms. The lowest BCUT2D eigenvalue weighted by molar-refractivity contribution is -0.136. The van der Waals surface area contributed by atoms with Crippen molar-refractivity contribution < 1.29 is 9.90 Å². The Morgan fingerprint density at radius 1 is 1.25 bits per heavy atom. The van der Waals surface area contributed by atoms with E-state index in [-0.39, 0.29) is 6.10 Å². The molecule has 0 spiro atoms. The van der Waals surface area contributed by atoms with Crippen LogP contribution in [-0.2, 0) is 4.79 Å². The van der Waals surface area contributed by atoms with Crippen LogP contribution in [0.1, 0.15) is 52.4 Å². The van der Waals surface area contributed by atoms with Crippen molar-refractivity contribution in [2.75, 3.05) is 26.2 Å². The number of carbonyl (C=O) groups excluding carboxylic acids is 1. The quantitative estimate of drug-likeness (QED) is 0.856. The van der Waals surface area contributed by atoms with Crippen molar-refractivity contribution in [1.29, 1.82) is 0 Å². The molecule has 0 aromatic carbocycles. The van der Waals surface area contributed by atoms with Crippen molar-refractivity contribution in [3.63, 3.8) is 0 Å². The number of rotatable bonds is 4. The van der Waals surface area contributed by atoms with Gasteiger partial charge in [0.1, 0.15) is 0 Å². The summed E-state index contributed by atoms with van der Waals surface area (Å²) in [5, 5.41) is 9.74. The summed E-state index contributed by atoms with van der Waals surface area (Å²) < 4.78 is 0. The number of carbonyl (C=O) groups is 1. The van der Waals surface area contributed by atoms with E-state index in [4.69, 9.17) is 0 Å². The van der Waals surface area contributed by atoms with Crippen LogP contribution in [0.2, 0.25) is 0 Å². The lowest BCUT2D eigenvalue weighted by Crippen LogP contribution is -2.50. The van der Waals surface area contributed by atoms with Crippen LogP contribution in [0.4, 0.5) is 0 Å². The summed E-state index contributed by atoms with van der Waals surface area (Å²) in [7, 11) is 0. The molecule has 2 saturated heterocycles. The molecular weight excluding hydrogens is 252 g/mol. The molecule has 2 rings (SSSR count). The fourth-order valence-electron chi connectivity index (χ4n) is 3.66. The standard InChI is InChI=1S/C16H30N2O2/c1-3-15-8-4-5-10-18(15)16(20)12-17-9-6-7-14(11-17)13(2)19/h13-15,19H,3-12H2,1-2H3. The van der Waals surface area contributed by atoms with E-state index in [1.54, 1.807) is 0 Å². The van der Waals surface area contributed by atoms with E-state index < -0.39 is 0 Å². The molecule has 116 valence electrons. The first-order valence-corrected chi connectivity index (χ1v) is 8.31. The van der Waals surface area contributed by atoms with Gasteiger partial charge in [0.2, 0.25) is 5.91 Å². The minimum atomic E-state index is -0.258. The molecule has 3 atom stereocenters. The number of aliphatic hydroxyl groups is 1. The Hall–Kier alpha value is -0.610. The molecule has 2 aliphatic rings. The van der Waals surface area contributed by atoms with Crippen molar-refractivity contribution in [1.82, 2.24) is 9.80 Å². The van der Waals surface area contributed by atoms with E-state index in [0.29, 0.717) is 24.4 Å². The summed E-state index contributed by atoms with van der Waals surface area (Å²) in [4.78, 5) is 16.9. The summed E-state index contributed by atoms with van der Waals surface area (Å²) in [5.41, 5.74) is 0. The molecule has 2 heterocycles. The molecule has 4 heteroatoms. The third-order valence-electron chi connectivity index (χ3n) is 5.00. The predicted octanol–water partition coefficient (Wildman–Crippen LogP) is 1.87. The number of aliphatic hydroxyl groups excluding tert-OH is 1. The summed E-state index contributed by atoms with van der Waals surface area (Å²) >= 11 is 0. The number of piperidine rings is 2. The molecule has 3 unspecified atom stereocenters. The van der Waals surface area contributed by atoms with Gasteiger partial charge in [-0.15, -0.1) is 0 Å². The second kappa shape index (κ2) is 7.41. The molecule has 2 fully saturated rings. The minimum Gasteiger partial charge on any atom is -0.393 e. The molecule has 4 nitrogen and oxygen atoms in total. The number of hydrogen-bond donors (Lipinski definition) is 1. The van der Waals surface area contributed by atoms with Crippen molar-refractivity contribution in [2.45, 2.75) is 64.5 Å². The third-order valence-corrected chi connectivity index (χ3v) is 5.00. The third kappa shape index (κ3) is 3.95. The Morgan fingerprint density at radius 2 is 2.05 bits per heavy atom. The first kappa shape index (κ1) is 15.8. The van der Waals surface area contributed by atoms with Crippen LogP contribution in [0.5, 0.6) is 0 Å². The molecule has 0 radical (unpaired) electrons. The van der Waals surface area contributed by atoms with Crippen LogP contribution < -0.4 is 0 Å². The lowest BCUT2D eigenvalue weighted by atomic mass is 9.93. The Kier molecular flexibility index (Phi) is 5.85. The maximum Gasteiger partial charge on any atom is 0.236 e. The SMILES string of the molecule is CCC1CCCCN1C(=O)CN1CCCC(C(C)O)C1. The molecule has 0 aliphatic carbocycles. The van der Waals surface area contributed by atoms with Crippen LogP contribution in [0.25, 0.3) is 0 Å². The molecule has 0 aromatic heterocycles. The van der Waals surface area contributed by atoms with Gasteiger partial charge in [-0.2, -0.15) is 0 Å². The number of nitrogens with zero attached hydrogens (tertiary/aromatic N) is 2. The van der Waals surface area contributed by atoms with E-state index in [1.807, 2.05) is 6.92 Å². The number of likely N-dealkylation sites (tertiary alicyclic amines) is 2. The van der Waals surface area contributed by atoms with E-state index in [0.717, 1.165) is 45.3 Å². The van der Waals surface area contributed by atoms with Crippen LogP contribution >= 0.6 is 0 Å². The van der Waals surface area contributed by atoms with Crippen molar-refractivity contribution >= 4 is 5.91 Å². The van der Waals surface area contributed by atoms with Gasteiger partial charge >= 0.3 is 0 Å². The fraction of sp³-hybridized carbons (Fsp3) is 0.938. The maximum absolute atomic E-state index is 12.5. The van der Waals surface area contributed by atoms with Crippen LogP contribution in [-0.4, -0.2) is 59.1 Å². The summed E-state index contributed by atoms with van der Waals surface area (Å²) in [6, 6.07) is 0.452. The van der Waals surface area contributed by atoms with E-state index in [1.165, 1.54) is 12.8 Å². The van der Waals surface area contributed by atoms with Crippen molar-refractivity contribution in [2.24, 2.45) is 5.92 Å². The smallest absolute Gasteiger partial charge is 0.236 e. The molecule has 2 aliphatic heterocycles. The van der Waals surface area contributed by atoms with Gasteiger partial charge < -0.3 is 10.0 Å². The monoisotopic (exact) mass is 282 g/mol. The molecule has 0 aromatic rings. The average molecular weight is 282 g/mol. The first-order valence-electron chi connectivity index (χ1n) is 8.31. The highest BCUT2D eigenvalue weighted by Crippen LogP contribution is 2.22. The van der Waals surface area contributed by atoms with Crippen LogP contribution in [0.3, 0.4) is 0 Å². The second-order valence-corrected chi connectivity index (χ2v) is 6.52. The summed E-state index contributed by atoms with van der Waals surface area (Å²) in [6.07, 6.45) is 6.57. The van der Waals surface area contributed by atoms with Gasteiger partial charge in [-0.1, -0.05) is 6.92 Å². The molecule has 1 amide bonds. The Morgan fingerprint density at radius 3 is 2.75 bits per heavy atom. The van der Waals surface area contributed by atoms with Gasteiger partial charge in [-0.25, -0.2) is 0 Å². The minimum absolute atomic E-state index is 0.258. The van der Waals surface area contributed by atoms with E-state index >= 15 is 0 Å². The Balaban J connectivity index is 1.86. The zero-order chi connectivity index (χ0) is 14.5. The molecular formula is C16H30N2O2. The van der Waals surface area contributed by atoms with Crippen LogP contribution in [0, 0.1) is 5.92 Å². The normalized spacial score (nSPS) is 30.2.